The predicted octanol–water partition coefficient (Wildman–Crippen LogP) is 1.50. The van der Waals surface area contributed by atoms with Crippen LogP contribution in [0.5, 0.6) is 5.75 Å². The summed E-state index contributed by atoms with van der Waals surface area (Å²) >= 11 is 0. The van der Waals surface area contributed by atoms with Crippen molar-refractivity contribution >= 4 is 5.97 Å². The molecule has 1 atom stereocenters. The highest BCUT2D eigenvalue weighted by molar-refractivity contribution is 5.70. The first-order valence-corrected chi connectivity index (χ1v) is 6.55. The Bertz CT molecular complexity index is 609. The topological polar surface area (TPSA) is 77.2 Å². The Morgan fingerprint density at radius 1 is 1.40 bits per heavy atom. The molecule has 0 saturated heterocycles. The van der Waals surface area contributed by atoms with Crippen molar-refractivity contribution in [3.05, 3.63) is 42.0 Å². The van der Waals surface area contributed by atoms with Crippen LogP contribution in [0.2, 0.25) is 0 Å². The molecule has 1 N–H and O–H groups in total. The molecule has 1 unspecified atom stereocenters. The number of carbonyl (C=O) groups is 1. The first kappa shape index (κ1) is 12.7. The zero-order chi connectivity index (χ0) is 13.9. The molecule has 0 bridgehead atoms. The largest absolute Gasteiger partial charge is 0.486 e. The normalized spacial score (nSPS) is 17.5. The first-order chi connectivity index (χ1) is 9.72. The van der Waals surface area contributed by atoms with Gasteiger partial charge in [0.1, 0.15) is 18.2 Å². The predicted molar refractivity (Wildman–Crippen MR) is 70.2 cm³/mol. The van der Waals surface area contributed by atoms with Crippen molar-refractivity contribution in [1.29, 1.82) is 0 Å². The van der Waals surface area contributed by atoms with Crippen LogP contribution >= 0.6 is 0 Å². The van der Waals surface area contributed by atoms with Crippen LogP contribution in [0.4, 0.5) is 0 Å². The van der Waals surface area contributed by atoms with Gasteiger partial charge in [0, 0.05) is 13.0 Å². The molecule has 2 aromatic rings. The smallest absolute Gasteiger partial charge is 0.307 e. The standard InChI is InChI=1S/C14H15N3O3/c18-14(19)10-6-7-17-13(8-10)15-12(16-17)9-20-11-4-2-1-3-5-11/h1-5,10H,6-9H2,(H,18,19). The van der Waals surface area contributed by atoms with Crippen LogP contribution in [0, 0.1) is 5.92 Å². The van der Waals surface area contributed by atoms with E-state index in [1.807, 2.05) is 30.3 Å². The molecule has 0 aliphatic carbocycles. The number of aromatic nitrogens is 3. The Balaban J connectivity index is 1.67. The molecule has 0 radical (unpaired) electrons. The summed E-state index contributed by atoms with van der Waals surface area (Å²) in [7, 11) is 0. The van der Waals surface area contributed by atoms with Crippen molar-refractivity contribution in [2.45, 2.75) is 26.0 Å². The molecular weight excluding hydrogens is 258 g/mol. The lowest BCUT2D eigenvalue weighted by atomic mass is 9.99. The van der Waals surface area contributed by atoms with Crippen molar-refractivity contribution in [2.75, 3.05) is 0 Å². The highest BCUT2D eigenvalue weighted by Gasteiger charge is 2.26. The maximum atomic E-state index is 11.0. The molecule has 104 valence electrons. The Morgan fingerprint density at radius 2 is 2.20 bits per heavy atom. The summed E-state index contributed by atoms with van der Waals surface area (Å²) in [6.07, 6.45) is 1.04. The van der Waals surface area contributed by atoms with Crippen LogP contribution < -0.4 is 4.74 Å². The highest BCUT2D eigenvalue weighted by Crippen LogP contribution is 2.19. The van der Waals surface area contributed by atoms with Crippen molar-refractivity contribution < 1.29 is 14.6 Å². The number of carboxylic acid groups (broad SMARTS) is 1. The zero-order valence-corrected chi connectivity index (χ0v) is 10.9. The molecule has 3 rings (SSSR count). The third-order valence-corrected chi connectivity index (χ3v) is 3.37. The number of aliphatic carboxylic acids is 1. The molecule has 6 nitrogen and oxygen atoms in total. The maximum Gasteiger partial charge on any atom is 0.307 e. The van der Waals surface area contributed by atoms with Crippen LogP contribution in [0.3, 0.4) is 0 Å². The fourth-order valence-electron chi connectivity index (χ4n) is 2.29. The maximum absolute atomic E-state index is 11.0. The molecular formula is C14H15N3O3. The molecule has 1 aliphatic rings. The lowest BCUT2D eigenvalue weighted by molar-refractivity contribution is -0.142. The van der Waals surface area contributed by atoms with Gasteiger partial charge in [0.25, 0.3) is 0 Å². The Labute approximate surface area is 116 Å². The summed E-state index contributed by atoms with van der Waals surface area (Å²) in [6, 6.07) is 9.47. The second-order valence-corrected chi connectivity index (χ2v) is 4.80. The van der Waals surface area contributed by atoms with Crippen LogP contribution in [0.25, 0.3) is 0 Å². The van der Waals surface area contributed by atoms with Gasteiger partial charge in [-0.05, 0) is 18.6 Å². The van der Waals surface area contributed by atoms with E-state index >= 15 is 0 Å². The molecule has 0 saturated carbocycles. The molecule has 1 aromatic heterocycles. The van der Waals surface area contributed by atoms with Crippen molar-refractivity contribution in [3.8, 4) is 5.75 Å². The Kier molecular flexibility index (Phi) is 3.37. The van der Waals surface area contributed by atoms with Crippen molar-refractivity contribution in [3.63, 3.8) is 0 Å². The van der Waals surface area contributed by atoms with Crippen LogP contribution in [-0.2, 0) is 24.4 Å². The van der Waals surface area contributed by atoms with E-state index in [1.165, 1.54) is 0 Å². The van der Waals surface area contributed by atoms with E-state index in [1.54, 1.807) is 4.68 Å². The van der Waals surface area contributed by atoms with Crippen LogP contribution in [0.1, 0.15) is 18.1 Å². The summed E-state index contributed by atoms with van der Waals surface area (Å²) in [5.41, 5.74) is 0. The van der Waals surface area contributed by atoms with E-state index in [0.717, 1.165) is 11.6 Å². The number of hydrogen-bond donors (Lipinski definition) is 1. The zero-order valence-electron chi connectivity index (χ0n) is 10.9. The third kappa shape index (κ3) is 2.64. The van der Waals surface area contributed by atoms with E-state index in [2.05, 4.69) is 10.1 Å². The number of aryl methyl sites for hydroxylation is 1. The molecule has 1 aliphatic heterocycles. The van der Waals surface area contributed by atoms with Gasteiger partial charge in [0.15, 0.2) is 5.82 Å². The van der Waals surface area contributed by atoms with Crippen LogP contribution in [0.15, 0.2) is 30.3 Å². The average molecular weight is 273 g/mol. The fourth-order valence-corrected chi connectivity index (χ4v) is 2.29. The molecule has 6 heteroatoms. The number of nitrogens with zero attached hydrogens (tertiary/aromatic N) is 3. The lowest BCUT2D eigenvalue weighted by Gasteiger charge is -2.17. The number of hydrogen-bond acceptors (Lipinski definition) is 4. The number of fused-ring (bicyclic) bond motifs is 1. The average Bonchev–Trinajstić information content (AvgIpc) is 2.88. The summed E-state index contributed by atoms with van der Waals surface area (Å²) < 4.78 is 7.37. The third-order valence-electron chi connectivity index (χ3n) is 3.37. The molecule has 0 amide bonds. The van der Waals surface area contributed by atoms with Gasteiger partial charge in [-0.15, -0.1) is 0 Å². The van der Waals surface area contributed by atoms with Gasteiger partial charge >= 0.3 is 5.97 Å². The minimum atomic E-state index is -0.763. The molecule has 1 aromatic carbocycles. The summed E-state index contributed by atoms with van der Waals surface area (Å²) in [5.74, 6) is 0.977. The second kappa shape index (κ2) is 5.32. The monoisotopic (exact) mass is 273 g/mol. The number of rotatable bonds is 4. The SMILES string of the molecule is O=C(O)C1CCn2nc(COc3ccccc3)nc2C1. The van der Waals surface area contributed by atoms with Crippen molar-refractivity contribution in [1.82, 2.24) is 14.8 Å². The number of carboxylic acids is 1. The van der Waals surface area contributed by atoms with Gasteiger partial charge in [-0.2, -0.15) is 5.10 Å². The van der Waals surface area contributed by atoms with Crippen LogP contribution in [-0.4, -0.2) is 25.8 Å². The molecule has 2 heterocycles. The highest BCUT2D eigenvalue weighted by atomic mass is 16.5. The van der Waals surface area contributed by atoms with Crippen molar-refractivity contribution in [2.24, 2.45) is 5.92 Å². The number of para-hydroxylation sites is 1. The summed E-state index contributed by atoms with van der Waals surface area (Å²) in [4.78, 5) is 15.4. The number of ether oxygens (including phenoxy) is 1. The minimum Gasteiger partial charge on any atom is -0.486 e. The molecule has 20 heavy (non-hydrogen) atoms. The Hall–Kier alpha value is -2.37. The van der Waals surface area contributed by atoms with E-state index in [0.29, 0.717) is 31.8 Å². The van der Waals surface area contributed by atoms with Gasteiger partial charge in [0.05, 0.1) is 5.92 Å². The second-order valence-electron chi connectivity index (χ2n) is 4.80. The summed E-state index contributed by atoms with van der Waals surface area (Å²) in [6.45, 7) is 0.895. The van der Waals surface area contributed by atoms with Gasteiger partial charge in [-0.3, -0.25) is 4.79 Å². The first-order valence-electron chi connectivity index (χ1n) is 6.55. The van der Waals surface area contributed by atoms with E-state index < -0.39 is 5.97 Å². The minimum absolute atomic E-state index is 0.293. The van der Waals surface area contributed by atoms with E-state index in [9.17, 15) is 4.79 Å². The molecule has 0 spiro atoms. The lowest BCUT2D eigenvalue weighted by Crippen LogP contribution is -2.26. The van der Waals surface area contributed by atoms with Gasteiger partial charge in [-0.1, -0.05) is 18.2 Å². The molecule has 0 fully saturated rings. The Morgan fingerprint density at radius 3 is 2.95 bits per heavy atom. The number of benzene rings is 1. The van der Waals surface area contributed by atoms with E-state index in [4.69, 9.17) is 9.84 Å². The van der Waals surface area contributed by atoms with Gasteiger partial charge in [-0.25, -0.2) is 9.67 Å². The van der Waals surface area contributed by atoms with Gasteiger partial charge in [0.2, 0.25) is 0 Å². The quantitative estimate of drug-likeness (QED) is 0.913. The van der Waals surface area contributed by atoms with E-state index in [-0.39, 0.29) is 5.92 Å². The fraction of sp³-hybridized carbons (Fsp3) is 0.357. The van der Waals surface area contributed by atoms with Gasteiger partial charge < -0.3 is 9.84 Å². The summed E-state index contributed by atoms with van der Waals surface area (Å²) in [5, 5.41) is 13.4.